The minimum absolute atomic E-state index is 0.000254. The number of aryl methyl sites for hydroxylation is 1. The topological polar surface area (TPSA) is 96.0 Å². The second kappa shape index (κ2) is 15.5. The second-order valence-electron chi connectivity index (χ2n) is 11.8. The summed E-state index contributed by atoms with van der Waals surface area (Å²) in [6, 6.07) is 28.9. The van der Waals surface area contributed by atoms with E-state index in [4.69, 9.17) is 16.3 Å². The van der Waals surface area contributed by atoms with Gasteiger partial charge in [0.1, 0.15) is 18.3 Å². The summed E-state index contributed by atoms with van der Waals surface area (Å²) in [7, 11) is -2.86. The van der Waals surface area contributed by atoms with Gasteiger partial charge in [-0.1, -0.05) is 103 Å². The highest BCUT2D eigenvalue weighted by Crippen LogP contribution is 2.35. The number of methoxy groups -OCH3 is 1. The molecule has 0 aliphatic heterocycles. The molecule has 47 heavy (non-hydrogen) atoms. The van der Waals surface area contributed by atoms with E-state index in [-0.39, 0.29) is 46.3 Å². The van der Waals surface area contributed by atoms with Crippen molar-refractivity contribution in [2.75, 3.05) is 18.0 Å². The molecular weight excluding hydrogens is 634 g/mol. The average molecular weight is 674 g/mol. The molecular formula is C37H40ClN3O5S. The molecule has 0 heterocycles. The number of rotatable bonds is 13. The van der Waals surface area contributed by atoms with Crippen LogP contribution in [0.3, 0.4) is 0 Å². The highest BCUT2D eigenvalue weighted by atomic mass is 35.5. The number of hydrogen-bond acceptors (Lipinski definition) is 5. The first-order valence-corrected chi connectivity index (χ1v) is 17.6. The molecule has 1 atom stereocenters. The second-order valence-corrected chi connectivity index (χ2v) is 14.1. The summed E-state index contributed by atoms with van der Waals surface area (Å²) in [5.74, 6) is -0.583. The van der Waals surface area contributed by atoms with Gasteiger partial charge in [0.25, 0.3) is 10.0 Å². The van der Waals surface area contributed by atoms with Gasteiger partial charge in [-0.2, -0.15) is 0 Å². The van der Waals surface area contributed by atoms with Crippen molar-refractivity contribution in [3.05, 3.63) is 125 Å². The van der Waals surface area contributed by atoms with Crippen LogP contribution in [-0.2, 0) is 32.6 Å². The molecule has 4 aromatic carbocycles. The van der Waals surface area contributed by atoms with Crippen LogP contribution in [0.25, 0.3) is 0 Å². The van der Waals surface area contributed by atoms with E-state index in [2.05, 4.69) is 5.32 Å². The van der Waals surface area contributed by atoms with Gasteiger partial charge in [-0.3, -0.25) is 13.9 Å². The van der Waals surface area contributed by atoms with Crippen LogP contribution in [0.1, 0.15) is 42.4 Å². The third-order valence-electron chi connectivity index (χ3n) is 8.47. The molecule has 10 heteroatoms. The van der Waals surface area contributed by atoms with E-state index >= 15 is 0 Å². The zero-order chi connectivity index (χ0) is 33.4. The number of ether oxygens (including phenoxy) is 1. The van der Waals surface area contributed by atoms with Gasteiger partial charge in [-0.05, 0) is 61.2 Å². The fourth-order valence-corrected chi connectivity index (χ4v) is 7.51. The first-order valence-electron chi connectivity index (χ1n) is 15.8. The SMILES string of the molecule is COc1ccc(Cl)cc1N(CC(=O)N(Cc1ccc(C)cc1)[C@@H](Cc1ccccc1)C(=O)NC1CCCC1)S(=O)(=O)c1ccccc1. The number of halogens is 1. The maximum Gasteiger partial charge on any atom is 0.264 e. The Balaban J connectivity index is 1.59. The van der Waals surface area contributed by atoms with E-state index < -0.39 is 28.5 Å². The van der Waals surface area contributed by atoms with Gasteiger partial charge in [-0.25, -0.2) is 8.42 Å². The Bertz CT molecular complexity index is 1760. The summed E-state index contributed by atoms with van der Waals surface area (Å²) >= 11 is 6.37. The van der Waals surface area contributed by atoms with Gasteiger partial charge in [0.2, 0.25) is 11.8 Å². The van der Waals surface area contributed by atoms with Crippen LogP contribution >= 0.6 is 11.6 Å². The predicted molar refractivity (Wildman–Crippen MR) is 185 cm³/mol. The summed E-state index contributed by atoms with van der Waals surface area (Å²) < 4.78 is 35.1. The Hall–Kier alpha value is -4.34. The van der Waals surface area contributed by atoms with Crippen LogP contribution in [0.4, 0.5) is 5.69 Å². The minimum atomic E-state index is -4.29. The molecule has 1 saturated carbocycles. The molecule has 2 amide bonds. The molecule has 0 radical (unpaired) electrons. The Morgan fingerprint density at radius 1 is 0.894 bits per heavy atom. The van der Waals surface area contributed by atoms with Crippen LogP contribution < -0.4 is 14.4 Å². The number of carbonyl (C=O) groups excluding carboxylic acids is 2. The number of carbonyl (C=O) groups is 2. The normalized spacial score (nSPS) is 13.9. The Morgan fingerprint density at radius 3 is 2.17 bits per heavy atom. The van der Waals surface area contributed by atoms with Gasteiger partial charge in [0, 0.05) is 24.0 Å². The van der Waals surface area contributed by atoms with Crippen LogP contribution in [0.5, 0.6) is 5.75 Å². The van der Waals surface area contributed by atoms with Crippen molar-refractivity contribution in [3.63, 3.8) is 0 Å². The third-order valence-corrected chi connectivity index (χ3v) is 10.5. The molecule has 5 rings (SSSR count). The molecule has 0 bridgehead atoms. The molecule has 4 aromatic rings. The van der Waals surface area contributed by atoms with Crippen molar-refractivity contribution >= 4 is 39.1 Å². The largest absolute Gasteiger partial charge is 0.495 e. The zero-order valence-electron chi connectivity index (χ0n) is 26.6. The van der Waals surface area contributed by atoms with E-state index in [0.717, 1.165) is 46.7 Å². The average Bonchev–Trinajstić information content (AvgIpc) is 3.59. The first-order chi connectivity index (χ1) is 22.7. The smallest absolute Gasteiger partial charge is 0.264 e. The maximum absolute atomic E-state index is 14.7. The lowest BCUT2D eigenvalue weighted by atomic mass is 10.0. The molecule has 0 aromatic heterocycles. The molecule has 1 aliphatic carbocycles. The molecule has 0 saturated heterocycles. The van der Waals surface area contributed by atoms with Crippen molar-refractivity contribution in [1.82, 2.24) is 10.2 Å². The van der Waals surface area contributed by atoms with Crippen molar-refractivity contribution in [3.8, 4) is 5.75 Å². The van der Waals surface area contributed by atoms with Crippen LogP contribution in [0.15, 0.2) is 108 Å². The highest BCUT2D eigenvalue weighted by molar-refractivity contribution is 7.92. The zero-order valence-corrected chi connectivity index (χ0v) is 28.2. The monoisotopic (exact) mass is 673 g/mol. The van der Waals surface area contributed by atoms with Crippen LogP contribution in [0, 0.1) is 6.92 Å². The quantitative estimate of drug-likeness (QED) is 0.174. The number of nitrogens with zero attached hydrogens (tertiary/aromatic N) is 2. The van der Waals surface area contributed by atoms with Crippen LogP contribution in [-0.4, -0.2) is 50.9 Å². The molecule has 0 unspecified atom stereocenters. The van der Waals surface area contributed by atoms with Crippen molar-refractivity contribution in [1.29, 1.82) is 0 Å². The minimum Gasteiger partial charge on any atom is -0.495 e. The van der Waals surface area contributed by atoms with E-state index in [1.54, 1.807) is 30.3 Å². The van der Waals surface area contributed by atoms with Crippen molar-refractivity contribution in [2.24, 2.45) is 0 Å². The number of nitrogens with one attached hydrogen (secondary N) is 1. The summed E-state index contributed by atoms with van der Waals surface area (Å²) in [6.45, 7) is 1.48. The van der Waals surface area contributed by atoms with E-state index in [0.29, 0.717) is 0 Å². The van der Waals surface area contributed by atoms with Crippen molar-refractivity contribution in [2.45, 2.75) is 62.6 Å². The molecule has 1 aliphatic rings. The predicted octanol–water partition coefficient (Wildman–Crippen LogP) is 6.55. The molecule has 0 spiro atoms. The lowest BCUT2D eigenvalue weighted by Crippen LogP contribution is -2.54. The van der Waals surface area contributed by atoms with E-state index in [1.807, 2.05) is 61.5 Å². The molecule has 8 nitrogen and oxygen atoms in total. The number of anilines is 1. The lowest BCUT2D eigenvalue weighted by Gasteiger charge is -2.34. The van der Waals surface area contributed by atoms with Crippen LogP contribution in [0.2, 0.25) is 5.02 Å². The maximum atomic E-state index is 14.7. The van der Waals surface area contributed by atoms with E-state index in [9.17, 15) is 18.0 Å². The molecule has 246 valence electrons. The summed E-state index contributed by atoms with van der Waals surface area (Å²) in [5, 5.41) is 3.47. The van der Waals surface area contributed by atoms with Gasteiger partial charge in [0.05, 0.1) is 17.7 Å². The number of sulfonamides is 1. The molecule has 1 fully saturated rings. The van der Waals surface area contributed by atoms with E-state index in [1.165, 1.54) is 30.2 Å². The summed E-state index contributed by atoms with van der Waals surface area (Å²) in [4.78, 5) is 30.3. The Labute approximate surface area is 282 Å². The standard InChI is InChI=1S/C37H40ClN3O5S/c1-27-17-19-29(20-18-27)25-40(34(23-28-11-5-3-6-12-28)37(43)39-31-13-9-10-14-31)36(42)26-41(33-24-30(38)21-22-35(33)46-2)47(44,45)32-15-7-4-8-16-32/h3-8,11-12,15-22,24,31,34H,9-10,13-14,23,25-26H2,1-2H3,(H,39,43)/t34-/m0/s1. The molecule has 1 N–H and O–H groups in total. The van der Waals surface area contributed by atoms with Crippen molar-refractivity contribution < 1.29 is 22.7 Å². The fourth-order valence-electron chi connectivity index (χ4n) is 5.90. The fraction of sp³-hybridized carbons (Fsp3) is 0.297. The number of hydrogen-bond donors (Lipinski definition) is 1. The first kappa shape index (κ1) is 34.0. The lowest BCUT2D eigenvalue weighted by molar-refractivity contribution is -0.140. The number of amides is 2. The van der Waals surface area contributed by atoms with Gasteiger partial charge >= 0.3 is 0 Å². The highest BCUT2D eigenvalue weighted by Gasteiger charge is 2.36. The van der Waals surface area contributed by atoms with Gasteiger partial charge in [0.15, 0.2) is 0 Å². The summed E-state index contributed by atoms with van der Waals surface area (Å²) in [5.41, 5.74) is 2.86. The van der Waals surface area contributed by atoms with Gasteiger partial charge in [-0.15, -0.1) is 0 Å². The Morgan fingerprint density at radius 2 is 1.53 bits per heavy atom. The summed E-state index contributed by atoms with van der Waals surface area (Å²) in [6.07, 6.45) is 4.09. The number of benzene rings is 4. The van der Waals surface area contributed by atoms with Gasteiger partial charge < -0.3 is 15.0 Å². The Kier molecular flexibility index (Phi) is 11.2. The third kappa shape index (κ3) is 8.53.